The number of methoxy groups -OCH3 is 1. The summed E-state index contributed by atoms with van der Waals surface area (Å²) in [6.07, 6.45) is 0.962. The van der Waals surface area contributed by atoms with E-state index in [0.29, 0.717) is 12.5 Å². The van der Waals surface area contributed by atoms with Crippen LogP contribution in [0.3, 0.4) is 0 Å². The Balaban J connectivity index is 0.00000729. The van der Waals surface area contributed by atoms with Crippen molar-refractivity contribution in [2.75, 3.05) is 54.1 Å². The van der Waals surface area contributed by atoms with Gasteiger partial charge in [-0.3, -0.25) is 4.99 Å². The Hall–Kier alpha value is -1.06. The molecule has 0 aromatic heterocycles. The molecule has 1 aromatic rings. The predicted octanol–water partition coefficient (Wildman–Crippen LogP) is 3.53. The molecular weight excluding hydrogens is 467 g/mol. The number of ether oxygens (including phenoxy) is 2. The molecule has 0 spiro atoms. The topological polar surface area (TPSA) is 58.1 Å². The average Bonchev–Trinajstić information content (AvgIpc) is 2.64. The van der Waals surface area contributed by atoms with E-state index in [0.717, 1.165) is 44.4 Å². The van der Waals surface area contributed by atoms with Crippen LogP contribution in [0.2, 0.25) is 0 Å². The van der Waals surface area contributed by atoms with Crippen molar-refractivity contribution < 1.29 is 9.47 Å². The fourth-order valence-corrected chi connectivity index (χ4v) is 2.64. The lowest BCUT2D eigenvalue weighted by molar-refractivity contribution is 0.108. The second-order valence-electron chi connectivity index (χ2n) is 7.22. The first-order valence-corrected chi connectivity index (χ1v) is 9.88. The van der Waals surface area contributed by atoms with Gasteiger partial charge in [0.2, 0.25) is 0 Å². The maximum atomic E-state index is 5.63. The van der Waals surface area contributed by atoms with Crippen molar-refractivity contribution in [1.29, 1.82) is 0 Å². The summed E-state index contributed by atoms with van der Waals surface area (Å²) in [7, 11) is 5.85. The Labute approximate surface area is 188 Å². The highest BCUT2D eigenvalue weighted by atomic mass is 127. The zero-order chi connectivity index (χ0) is 20.1. The van der Waals surface area contributed by atoms with Gasteiger partial charge < -0.3 is 25.0 Å². The molecule has 0 aliphatic heterocycles. The summed E-state index contributed by atoms with van der Waals surface area (Å²) < 4.78 is 11.0. The third kappa shape index (κ3) is 11.1. The summed E-state index contributed by atoms with van der Waals surface area (Å²) in [5.41, 5.74) is 1.20. The molecule has 162 valence electrons. The van der Waals surface area contributed by atoms with Gasteiger partial charge in [0.15, 0.2) is 5.96 Å². The van der Waals surface area contributed by atoms with Crippen LogP contribution in [-0.4, -0.2) is 64.9 Å². The van der Waals surface area contributed by atoms with Gasteiger partial charge in [-0.25, -0.2) is 0 Å². The highest BCUT2D eigenvalue weighted by molar-refractivity contribution is 14.0. The lowest BCUT2D eigenvalue weighted by Gasteiger charge is -2.24. The van der Waals surface area contributed by atoms with E-state index in [9.17, 15) is 0 Å². The quantitative estimate of drug-likeness (QED) is 0.197. The van der Waals surface area contributed by atoms with Gasteiger partial charge in [0.1, 0.15) is 5.75 Å². The number of hydrogen-bond donors (Lipinski definition) is 2. The van der Waals surface area contributed by atoms with E-state index in [-0.39, 0.29) is 30.0 Å². The van der Waals surface area contributed by atoms with Gasteiger partial charge in [-0.15, -0.1) is 24.0 Å². The molecule has 2 N–H and O–H groups in total. The minimum absolute atomic E-state index is 0. The zero-order valence-electron chi connectivity index (χ0n) is 18.3. The van der Waals surface area contributed by atoms with E-state index in [2.05, 4.69) is 62.5 Å². The number of rotatable bonds is 12. The van der Waals surface area contributed by atoms with Crippen molar-refractivity contribution in [3.63, 3.8) is 0 Å². The molecule has 1 unspecified atom stereocenters. The molecule has 6 nitrogen and oxygen atoms in total. The van der Waals surface area contributed by atoms with E-state index in [1.165, 1.54) is 5.56 Å². The lowest BCUT2D eigenvalue weighted by Crippen LogP contribution is -2.38. The highest BCUT2D eigenvalue weighted by Gasteiger charge is 2.14. The van der Waals surface area contributed by atoms with Gasteiger partial charge in [-0.05, 0) is 51.1 Å². The van der Waals surface area contributed by atoms with Crippen LogP contribution in [0.5, 0.6) is 5.75 Å². The monoisotopic (exact) mass is 506 g/mol. The van der Waals surface area contributed by atoms with Crippen molar-refractivity contribution in [2.45, 2.75) is 33.2 Å². The first kappa shape index (κ1) is 26.9. The van der Waals surface area contributed by atoms with Crippen LogP contribution in [0.1, 0.15) is 38.8 Å². The van der Waals surface area contributed by atoms with E-state index in [1.54, 1.807) is 7.11 Å². The molecule has 1 rings (SSSR count). The fraction of sp³-hybridized carbons (Fsp3) is 0.667. The first-order valence-electron chi connectivity index (χ1n) is 9.88. The van der Waals surface area contributed by atoms with Crippen molar-refractivity contribution in [3.05, 3.63) is 29.8 Å². The van der Waals surface area contributed by atoms with Gasteiger partial charge in [-0.2, -0.15) is 0 Å². The maximum absolute atomic E-state index is 5.63. The fourth-order valence-electron chi connectivity index (χ4n) is 2.64. The highest BCUT2D eigenvalue weighted by Crippen LogP contribution is 2.22. The lowest BCUT2D eigenvalue weighted by atomic mass is 10.1. The Bertz CT molecular complexity index is 553. The van der Waals surface area contributed by atoms with Gasteiger partial charge >= 0.3 is 0 Å². The van der Waals surface area contributed by atoms with E-state index in [1.807, 2.05) is 12.1 Å². The predicted molar refractivity (Wildman–Crippen MR) is 129 cm³/mol. The number of benzene rings is 1. The smallest absolute Gasteiger partial charge is 0.191 e. The standard InChI is InChI=1S/C21H38N4O2.HI/c1-7-22-21(23-12-9-13-27-16-17(2)3)24-15-20(25(4)5)18-10-8-11-19(14-18)26-6;/h8,10-11,14,17,20H,7,9,12-13,15-16H2,1-6H3,(H2,22,23,24);1H. The molecule has 0 aliphatic rings. The number of guanidine groups is 1. The van der Waals surface area contributed by atoms with Gasteiger partial charge in [0, 0.05) is 26.3 Å². The normalized spacial score (nSPS) is 12.6. The molecule has 0 amide bonds. The molecular formula is C21H39IN4O2. The number of hydrogen-bond acceptors (Lipinski definition) is 4. The van der Waals surface area contributed by atoms with Crippen molar-refractivity contribution in [1.82, 2.24) is 15.5 Å². The number of nitrogens with one attached hydrogen (secondary N) is 2. The number of likely N-dealkylation sites (N-methyl/N-ethyl adjacent to an activating group) is 1. The van der Waals surface area contributed by atoms with Crippen LogP contribution in [-0.2, 0) is 4.74 Å². The van der Waals surface area contributed by atoms with E-state index >= 15 is 0 Å². The summed E-state index contributed by atoms with van der Waals surface area (Å²) in [6.45, 7) is 10.3. The van der Waals surface area contributed by atoms with Crippen molar-refractivity contribution in [2.24, 2.45) is 10.9 Å². The molecule has 0 heterocycles. The Morgan fingerprint density at radius 2 is 1.96 bits per heavy atom. The van der Waals surface area contributed by atoms with Gasteiger partial charge in [-0.1, -0.05) is 26.0 Å². The van der Waals surface area contributed by atoms with Crippen molar-refractivity contribution in [3.8, 4) is 5.75 Å². The average molecular weight is 506 g/mol. The Morgan fingerprint density at radius 1 is 1.21 bits per heavy atom. The molecule has 0 saturated carbocycles. The minimum Gasteiger partial charge on any atom is -0.497 e. The molecule has 0 radical (unpaired) electrons. The molecule has 1 aromatic carbocycles. The molecule has 28 heavy (non-hydrogen) atoms. The molecule has 7 heteroatoms. The molecule has 0 saturated heterocycles. The third-order valence-electron chi connectivity index (χ3n) is 4.08. The summed E-state index contributed by atoms with van der Waals surface area (Å²) in [4.78, 5) is 6.97. The summed E-state index contributed by atoms with van der Waals surface area (Å²) in [5, 5.41) is 6.71. The largest absolute Gasteiger partial charge is 0.497 e. The summed E-state index contributed by atoms with van der Waals surface area (Å²) >= 11 is 0. The van der Waals surface area contributed by atoms with Gasteiger partial charge in [0.05, 0.1) is 19.7 Å². The molecule has 0 bridgehead atoms. The van der Waals surface area contributed by atoms with Crippen molar-refractivity contribution >= 4 is 29.9 Å². The van der Waals surface area contributed by atoms with Crippen LogP contribution in [0.15, 0.2) is 29.3 Å². The number of aliphatic imine (C=N–C) groups is 1. The number of halogens is 1. The summed E-state index contributed by atoms with van der Waals surface area (Å²) in [6, 6.07) is 8.37. The molecule has 0 fully saturated rings. The van der Waals surface area contributed by atoms with Crippen LogP contribution in [0.4, 0.5) is 0 Å². The van der Waals surface area contributed by atoms with Crippen LogP contribution >= 0.6 is 24.0 Å². The third-order valence-corrected chi connectivity index (χ3v) is 4.08. The van der Waals surface area contributed by atoms with E-state index in [4.69, 9.17) is 14.5 Å². The Kier molecular flexibility index (Phi) is 15.2. The number of nitrogens with zero attached hydrogens (tertiary/aromatic N) is 2. The second-order valence-corrected chi connectivity index (χ2v) is 7.22. The maximum Gasteiger partial charge on any atom is 0.191 e. The molecule has 0 aliphatic carbocycles. The summed E-state index contributed by atoms with van der Waals surface area (Å²) in [5.74, 6) is 2.29. The first-order chi connectivity index (χ1) is 13.0. The van der Waals surface area contributed by atoms with Gasteiger partial charge in [0.25, 0.3) is 0 Å². The Morgan fingerprint density at radius 3 is 2.57 bits per heavy atom. The second kappa shape index (κ2) is 15.8. The van der Waals surface area contributed by atoms with Crippen LogP contribution < -0.4 is 15.4 Å². The van der Waals surface area contributed by atoms with E-state index < -0.39 is 0 Å². The SMILES string of the molecule is CCNC(=NCC(c1cccc(OC)c1)N(C)C)NCCCOCC(C)C.I. The minimum atomic E-state index is 0. The zero-order valence-corrected chi connectivity index (χ0v) is 20.7. The van der Waals surface area contributed by atoms with Crippen LogP contribution in [0.25, 0.3) is 0 Å². The van der Waals surface area contributed by atoms with Crippen LogP contribution in [0, 0.1) is 5.92 Å². The molecule has 1 atom stereocenters.